The molecule has 3 aromatic carbocycles. The lowest BCUT2D eigenvalue weighted by Crippen LogP contribution is -2.14. The number of carbonyl (C=O) groups excluding carboxylic acids is 1. The number of rotatable bonds is 4. The van der Waals surface area contributed by atoms with Gasteiger partial charge in [0.2, 0.25) is 0 Å². The van der Waals surface area contributed by atoms with E-state index in [1.165, 1.54) is 12.1 Å². The fourth-order valence-corrected chi connectivity index (χ4v) is 3.16. The van der Waals surface area contributed by atoms with Crippen LogP contribution in [0.2, 0.25) is 0 Å². The molecule has 0 radical (unpaired) electrons. The molecule has 31 heavy (non-hydrogen) atoms. The summed E-state index contributed by atoms with van der Waals surface area (Å²) in [5.74, 6) is -0.595. The number of anilines is 1. The maximum absolute atomic E-state index is 13.0. The molecule has 1 heterocycles. The first-order valence-electron chi connectivity index (χ1n) is 9.52. The van der Waals surface area contributed by atoms with Crippen molar-refractivity contribution in [2.75, 3.05) is 5.32 Å². The molecule has 0 aliphatic heterocycles. The molecule has 0 fully saturated rings. The highest BCUT2D eigenvalue weighted by atomic mass is 19.4. The number of carbonyl (C=O) groups is 1. The van der Waals surface area contributed by atoms with Crippen LogP contribution in [0.25, 0.3) is 16.9 Å². The van der Waals surface area contributed by atoms with Crippen LogP contribution in [-0.2, 0) is 6.18 Å². The van der Waals surface area contributed by atoms with Crippen LogP contribution in [0.4, 0.5) is 18.9 Å². The third-order valence-electron chi connectivity index (χ3n) is 4.74. The zero-order valence-electron chi connectivity index (χ0n) is 16.5. The van der Waals surface area contributed by atoms with Crippen molar-refractivity contribution in [1.82, 2.24) is 9.78 Å². The van der Waals surface area contributed by atoms with Crippen molar-refractivity contribution >= 4 is 11.6 Å². The van der Waals surface area contributed by atoms with Gasteiger partial charge in [0.15, 0.2) is 5.69 Å². The monoisotopic (exact) mass is 421 g/mol. The summed E-state index contributed by atoms with van der Waals surface area (Å²) in [6, 6.07) is 23.2. The van der Waals surface area contributed by atoms with Crippen LogP contribution < -0.4 is 5.32 Å². The average Bonchev–Trinajstić information content (AvgIpc) is 3.20. The zero-order valence-corrected chi connectivity index (χ0v) is 16.5. The Morgan fingerprint density at radius 2 is 1.61 bits per heavy atom. The Bertz CT molecular complexity index is 1210. The highest BCUT2D eigenvalue weighted by molar-refractivity contribution is 6.03. The molecular weight excluding hydrogens is 403 g/mol. The van der Waals surface area contributed by atoms with E-state index in [1.54, 1.807) is 10.7 Å². The Hall–Kier alpha value is -3.87. The van der Waals surface area contributed by atoms with Crippen LogP contribution in [0.1, 0.15) is 21.6 Å². The van der Waals surface area contributed by atoms with Gasteiger partial charge in [-0.05, 0) is 43.3 Å². The van der Waals surface area contributed by atoms with Crippen LogP contribution >= 0.6 is 0 Å². The van der Waals surface area contributed by atoms with Crippen LogP contribution in [0.3, 0.4) is 0 Å². The second kappa shape index (κ2) is 8.10. The van der Waals surface area contributed by atoms with Gasteiger partial charge in [-0.2, -0.15) is 18.3 Å². The topological polar surface area (TPSA) is 46.9 Å². The van der Waals surface area contributed by atoms with Crippen molar-refractivity contribution in [3.63, 3.8) is 0 Å². The lowest BCUT2D eigenvalue weighted by atomic mass is 10.1. The SMILES string of the molecule is Cc1ccc(-c2cc(C(=O)Nc3cccc(C(F)(F)F)c3)nn2-c2ccccc2)cc1. The number of alkyl halides is 3. The number of aryl methyl sites for hydroxylation is 1. The molecule has 1 aromatic heterocycles. The van der Waals surface area contributed by atoms with E-state index in [4.69, 9.17) is 0 Å². The third kappa shape index (κ3) is 4.50. The van der Waals surface area contributed by atoms with E-state index in [9.17, 15) is 18.0 Å². The van der Waals surface area contributed by atoms with Crippen LogP contribution in [-0.4, -0.2) is 15.7 Å². The predicted molar refractivity (Wildman–Crippen MR) is 113 cm³/mol. The van der Waals surface area contributed by atoms with Gasteiger partial charge in [0.25, 0.3) is 5.91 Å². The van der Waals surface area contributed by atoms with Gasteiger partial charge >= 0.3 is 6.18 Å². The summed E-state index contributed by atoms with van der Waals surface area (Å²) in [6.45, 7) is 1.98. The quantitative estimate of drug-likeness (QED) is 0.432. The van der Waals surface area contributed by atoms with E-state index in [2.05, 4.69) is 10.4 Å². The molecule has 0 bridgehead atoms. The van der Waals surface area contributed by atoms with Crippen molar-refractivity contribution in [2.24, 2.45) is 0 Å². The minimum absolute atomic E-state index is 0.0472. The van der Waals surface area contributed by atoms with Crippen molar-refractivity contribution in [2.45, 2.75) is 13.1 Å². The van der Waals surface area contributed by atoms with Crippen molar-refractivity contribution < 1.29 is 18.0 Å². The molecule has 0 aliphatic rings. The molecule has 0 aliphatic carbocycles. The average molecular weight is 421 g/mol. The van der Waals surface area contributed by atoms with Crippen molar-refractivity contribution in [3.05, 3.63) is 102 Å². The molecule has 0 unspecified atom stereocenters. The number of hydrogen-bond acceptors (Lipinski definition) is 2. The number of para-hydroxylation sites is 1. The van der Waals surface area contributed by atoms with Crippen LogP contribution in [0.15, 0.2) is 84.9 Å². The van der Waals surface area contributed by atoms with Crippen LogP contribution in [0.5, 0.6) is 0 Å². The van der Waals surface area contributed by atoms with Gasteiger partial charge in [0, 0.05) is 11.3 Å². The molecule has 0 spiro atoms. The molecule has 0 atom stereocenters. The number of aromatic nitrogens is 2. The molecule has 7 heteroatoms. The largest absolute Gasteiger partial charge is 0.416 e. The van der Waals surface area contributed by atoms with E-state index in [1.807, 2.05) is 61.5 Å². The Balaban J connectivity index is 1.70. The fourth-order valence-electron chi connectivity index (χ4n) is 3.16. The first kappa shape index (κ1) is 20.4. The molecule has 1 amide bonds. The maximum atomic E-state index is 13.0. The van der Waals surface area contributed by atoms with Crippen molar-refractivity contribution in [1.29, 1.82) is 0 Å². The minimum atomic E-state index is -4.49. The fraction of sp³-hybridized carbons (Fsp3) is 0.0833. The van der Waals surface area contributed by atoms with E-state index in [0.717, 1.165) is 28.9 Å². The first-order chi connectivity index (χ1) is 14.8. The van der Waals surface area contributed by atoms with Crippen molar-refractivity contribution in [3.8, 4) is 16.9 Å². The Morgan fingerprint density at radius 3 is 2.29 bits per heavy atom. The second-order valence-electron chi connectivity index (χ2n) is 7.06. The Morgan fingerprint density at radius 1 is 0.903 bits per heavy atom. The first-order valence-corrected chi connectivity index (χ1v) is 9.52. The summed E-state index contributed by atoms with van der Waals surface area (Å²) in [5.41, 5.74) is 2.72. The molecule has 0 saturated carbocycles. The molecule has 4 rings (SSSR count). The highest BCUT2D eigenvalue weighted by Gasteiger charge is 2.30. The highest BCUT2D eigenvalue weighted by Crippen LogP contribution is 2.31. The van der Waals surface area contributed by atoms with Crippen LogP contribution in [0, 0.1) is 6.92 Å². The third-order valence-corrected chi connectivity index (χ3v) is 4.74. The normalized spacial score (nSPS) is 11.4. The number of benzene rings is 3. The standard InChI is InChI=1S/C24H18F3N3O/c1-16-10-12-17(13-11-16)22-15-21(29-30(22)20-8-3-2-4-9-20)23(31)28-19-7-5-6-18(14-19)24(25,26)27/h2-15H,1H3,(H,28,31). The van der Waals surface area contributed by atoms with E-state index in [-0.39, 0.29) is 11.4 Å². The lowest BCUT2D eigenvalue weighted by Gasteiger charge is -2.09. The summed E-state index contributed by atoms with van der Waals surface area (Å²) in [6.07, 6.45) is -4.49. The summed E-state index contributed by atoms with van der Waals surface area (Å²) in [5, 5.41) is 6.94. The van der Waals surface area contributed by atoms with E-state index >= 15 is 0 Å². The number of hydrogen-bond donors (Lipinski definition) is 1. The lowest BCUT2D eigenvalue weighted by molar-refractivity contribution is -0.137. The Labute approximate surface area is 177 Å². The zero-order chi connectivity index (χ0) is 22.0. The minimum Gasteiger partial charge on any atom is -0.321 e. The summed E-state index contributed by atoms with van der Waals surface area (Å²) >= 11 is 0. The molecule has 4 nitrogen and oxygen atoms in total. The number of nitrogens with zero attached hydrogens (tertiary/aromatic N) is 2. The van der Waals surface area contributed by atoms with Gasteiger partial charge in [-0.15, -0.1) is 0 Å². The van der Waals surface area contributed by atoms with Gasteiger partial charge in [0.05, 0.1) is 16.9 Å². The van der Waals surface area contributed by atoms with Gasteiger partial charge in [0.1, 0.15) is 0 Å². The van der Waals surface area contributed by atoms with Gasteiger partial charge in [-0.3, -0.25) is 4.79 Å². The number of halogens is 3. The summed E-state index contributed by atoms with van der Waals surface area (Å²) in [7, 11) is 0. The molecule has 0 saturated heterocycles. The number of nitrogens with one attached hydrogen (secondary N) is 1. The van der Waals surface area contributed by atoms with Gasteiger partial charge < -0.3 is 5.32 Å². The molecule has 1 N–H and O–H groups in total. The smallest absolute Gasteiger partial charge is 0.321 e. The maximum Gasteiger partial charge on any atom is 0.416 e. The molecular formula is C24H18F3N3O. The van der Waals surface area contributed by atoms with E-state index in [0.29, 0.717) is 5.69 Å². The number of amides is 1. The Kier molecular flexibility index (Phi) is 5.33. The van der Waals surface area contributed by atoms with Gasteiger partial charge in [-0.25, -0.2) is 4.68 Å². The summed E-state index contributed by atoms with van der Waals surface area (Å²) < 4.78 is 40.5. The summed E-state index contributed by atoms with van der Waals surface area (Å²) in [4.78, 5) is 12.8. The predicted octanol–water partition coefficient (Wildman–Crippen LogP) is 6.12. The molecule has 156 valence electrons. The second-order valence-corrected chi connectivity index (χ2v) is 7.06. The molecule has 4 aromatic rings. The van der Waals surface area contributed by atoms with E-state index < -0.39 is 17.6 Å². The van der Waals surface area contributed by atoms with Gasteiger partial charge in [-0.1, -0.05) is 54.1 Å².